The van der Waals surface area contributed by atoms with Gasteiger partial charge >= 0.3 is 0 Å². The fraction of sp³-hybridized carbons (Fsp3) is 0.368. The van der Waals surface area contributed by atoms with Gasteiger partial charge in [0.1, 0.15) is 5.75 Å². The van der Waals surface area contributed by atoms with E-state index in [-0.39, 0.29) is 0 Å². The lowest BCUT2D eigenvalue weighted by Crippen LogP contribution is -2.32. The van der Waals surface area contributed by atoms with Gasteiger partial charge in [-0.15, -0.1) is 21.5 Å². The topological polar surface area (TPSA) is 51.4 Å². The van der Waals surface area contributed by atoms with E-state index >= 15 is 0 Å². The summed E-state index contributed by atoms with van der Waals surface area (Å²) in [5.41, 5.74) is 1.29. The van der Waals surface area contributed by atoms with E-state index in [9.17, 15) is 0 Å². The van der Waals surface area contributed by atoms with Crippen molar-refractivity contribution in [3.8, 4) is 16.5 Å². The first-order chi connectivity index (χ1) is 12.3. The van der Waals surface area contributed by atoms with Crippen LogP contribution < -0.4 is 4.74 Å². The van der Waals surface area contributed by atoms with E-state index < -0.39 is 0 Å². The molecule has 1 saturated heterocycles. The summed E-state index contributed by atoms with van der Waals surface area (Å²) in [7, 11) is 1.71. The van der Waals surface area contributed by atoms with Crippen molar-refractivity contribution < 1.29 is 9.15 Å². The molecule has 0 aliphatic carbocycles. The maximum absolute atomic E-state index is 5.90. The summed E-state index contributed by atoms with van der Waals surface area (Å²) in [5.74, 6) is 2.70. The standard InChI is InChI=1S/C19H21N3O2S/c1-23-16-5-2-4-14(12-16)13-22-9-7-15(8-10-22)18-20-21-19(24-18)17-6-3-11-25-17/h2-6,11-12,15H,7-10,13H2,1H3. The maximum atomic E-state index is 5.90. The van der Waals surface area contributed by atoms with Crippen LogP contribution in [0.25, 0.3) is 10.8 Å². The third-order valence-corrected chi connectivity index (χ3v) is 5.51. The third-order valence-electron chi connectivity index (χ3n) is 4.65. The SMILES string of the molecule is COc1cccc(CN2CCC(c3nnc(-c4cccs4)o3)CC2)c1. The summed E-state index contributed by atoms with van der Waals surface area (Å²) in [6, 6.07) is 12.3. The molecule has 0 unspecified atom stereocenters. The number of ether oxygens (including phenoxy) is 1. The van der Waals surface area contributed by atoms with Gasteiger partial charge in [0.15, 0.2) is 0 Å². The van der Waals surface area contributed by atoms with Gasteiger partial charge in [0.2, 0.25) is 5.89 Å². The van der Waals surface area contributed by atoms with Crippen molar-refractivity contribution in [2.75, 3.05) is 20.2 Å². The number of methoxy groups -OCH3 is 1. The Kier molecular flexibility index (Phi) is 4.81. The largest absolute Gasteiger partial charge is 0.497 e. The summed E-state index contributed by atoms with van der Waals surface area (Å²) in [6.07, 6.45) is 2.10. The second-order valence-electron chi connectivity index (χ2n) is 6.32. The number of hydrogen-bond acceptors (Lipinski definition) is 6. The fourth-order valence-electron chi connectivity index (χ4n) is 3.27. The van der Waals surface area contributed by atoms with Crippen LogP contribution in [0.5, 0.6) is 5.75 Å². The molecule has 5 nitrogen and oxygen atoms in total. The summed E-state index contributed by atoms with van der Waals surface area (Å²) in [6.45, 7) is 3.03. The Hall–Kier alpha value is -2.18. The summed E-state index contributed by atoms with van der Waals surface area (Å²) < 4.78 is 11.2. The minimum Gasteiger partial charge on any atom is -0.497 e. The predicted octanol–water partition coefficient (Wildman–Crippen LogP) is 4.19. The van der Waals surface area contributed by atoms with Crippen LogP contribution >= 0.6 is 11.3 Å². The van der Waals surface area contributed by atoms with E-state index in [1.54, 1.807) is 18.4 Å². The Morgan fingerprint density at radius 3 is 2.84 bits per heavy atom. The molecule has 130 valence electrons. The lowest BCUT2D eigenvalue weighted by Gasteiger charge is -2.30. The van der Waals surface area contributed by atoms with Crippen molar-refractivity contribution in [1.82, 2.24) is 15.1 Å². The molecular weight excluding hydrogens is 334 g/mol. The van der Waals surface area contributed by atoms with E-state index in [4.69, 9.17) is 9.15 Å². The van der Waals surface area contributed by atoms with Crippen LogP contribution in [0.4, 0.5) is 0 Å². The van der Waals surface area contributed by atoms with Crippen molar-refractivity contribution in [2.24, 2.45) is 0 Å². The predicted molar refractivity (Wildman–Crippen MR) is 97.9 cm³/mol. The summed E-state index contributed by atoms with van der Waals surface area (Å²) in [5, 5.41) is 10.5. The molecule has 2 aromatic heterocycles. The molecule has 6 heteroatoms. The van der Waals surface area contributed by atoms with Gasteiger partial charge in [-0.3, -0.25) is 4.90 Å². The van der Waals surface area contributed by atoms with Crippen molar-refractivity contribution in [2.45, 2.75) is 25.3 Å². The summed E-state index contributed by atoms with van der Waals surface area (Å²) >= 11 is 1.63. The average Bonchev–Trinajstić information content (AvgIpc) is 3.34. The molecule has 3 aromatic rings. The highest BCUT2D eigenvalue weighted by molar-refractivity contribution is 7.13. The Labute approximate surface area is 151 Å². The number of thiophene rings is 1. The van der Waals surface area contributed by atoms with Crippen molar-refractivity contribution in [3.05, 3.63) is 53.2 Å². The molecule has 4 rings (SSSR count). The lowest BCUT2D eigenvalue weighted by atomic mass is 9.96. The second-order valence-corrected chi connectivity index (χ2v) is 7.27. The van der Waals surface area contributed by atoms with Gasteiger partial charge < -0.3 is 9.15 Å². The van der Waals surface area contributed by atoms with E-state index in [1.807, 2.05) is 29.6 Å². The van der Waals surface area contributed by atoms with Crippen LogP contribution in [0.2, 0.25) is 0 Å². The van der Waals surface area contributed by atoms with E-state index in [0.717, 1.165) is 49.0 Å². The smallest absolute Gasteiger partial charge is 0.257 e. The zero-order valence-corrected chi connectivity index (χ0v) is 15.0. The fourth-order valence-corrected chi connectivity index (χ4v) is 3.91. The molecule has 3 heterocycles. The number of piperidine rings is 1. The molecule has 0 radical (unpaired) electrons. The van der Waals surface area contributed by atoms with Gasteiger partial charge in [-0.1, -0.05) is 18.2 Å². The quantitative estimate of drug-likeness (QED) is 0.687. The van der Waals surface area contributed by atoms with Crippen LogP contribution in [0.1, 0.15) is 30.2 Å². The van der Waals surface area contributed by atoms with Crippen molar-refractivity contribution >= 4 is 11.3 Å². The molecule has 1 aliphatic rings. The lowest BCUT2D eigenvalue weighted by molar-refractivity contribution is 0.193. The first-order valence-electron chi connectivity index (χ1n) is 8.54. The Balaban J connectivity index is 1.35. The highest BCUT2D eigenvalue weighted by Crippen LogP contribution is 2.31. The maximum Gasteiger partial charge on any atom is 0.257 e. The highest BCUT2D eigenvalue weighted by atomic mass is 32.1. The number of likely N-dealkylation sites (tertiary alicyclic amines) is 1. The zero-order chi connectivity index (χ0) is 17.1. The number of nitrogens with zero attached hydrogens (tertiary/aromatic N) is 3. The molecular formula is C19H21N3O2S. The van der Waals surface area contributed by atoms with Crippen LogP contribution in [-0.2, 0) is 6.54 Å². The first-order valence-corrected chi connectivity index (χ1v) is 9.42. The monoisotopic (exact) mass is 355 g/mol. The molecule has 0 amide bonds. The van der Waals surface area contributed by atoms with E-state index in [1.165, 1.54) is 5.56 Å². The number of benzene rings is 1. The van der Waals surface area contributed by atoms with Crippen molar-refractivity contribution in [1.29, 1.82) is 0 Å². The zero-order valence-electron chi connectivity index (χ0n) is 14.2. The van der Waals surface area contributed by atoms with E-state index in [2.05, 4.69) is 27.2 Å². The van der Waals surface area contributed by atoms with Crippen LogP contribution in [0.3, 0.4) is 0 Å². The minimum absolute atomic E-state index is 0.364. The normalized spacial score (nSPS) is 16.2. The van der Waals surface area contributed by atoms with Gasteiger partial charge in [-0.2, -0.15) is 0 Å². The Morgan fingerprint density at radius 2 is 2.08 bits per heavy atom. The Morgan fingerprint density at radius 1 is 1.20 bits per heavy atom. The Bertz CT molecular complexity index is 808. The summed E-state index contributed by atoms with van der Waals surface area (Å²) in [4.78, 5) is 3.51. The molecule has 1 aliphatic heterocycles. The van der Waals surface area contributed by atoms with E-state index in [0.29, 0.717) is 11.8 Å². The van der Waals surface area contributed by atoms with Crippen LogP contribution in [0.15, 0.2) is 46.2 Å². The molecule has 25 heavy (non-hydrogen) atoms. The number of rotatable bonds is 5. The van der Waals surface area contributed by atoms with Crippen LogP contribution in [0, 0.1) is 0 Å². The number of aromatic nitrogens is 2. The molecule has 0 N–H and O–H groups in total. The first kappa shape index (κ1) is 16.3. The molecule has 0 spiro atoms. The molecule has 0 saturated carbocycles. The highest BCUT2D eigenvalue weighted by Gasteiger charge is 2.25. The van der Waals surface area contributed by atoms with Gasteiger partial charge in [-0.05, 0) is 55.1 Å². The molecule has 0 atom stereocenters. The third kappa shape index (κ3) is 3.75. The number of hydrogen-bond donors (Lipinski definition) is 0. The molecule has 1 aromatic carbocycles. The second kappa shape index (κ2) is 7.37. The van der Waals surface area contributed by atoms with Crippen molar-refractivity contribution in [3.63, 3.8) is 0 Å². The molecule has 0 bridgehead atoms. The van der Waals surface area contributed by atoms with Gasteiger partial charge in [0.25, 0.3) is 5.89 Å². The minimum atomic E-state index is 0.364. The molecule has 1 fully saturated rings. The van der Waals surface area contributed by atoms with Gasteiger partial charge in [0.05, 0.1) is 12.0 Å². The van der Waals surface area contributed by atoms with Gasteiger partial charge in [0, 0.05) is 12.5 Å². The van der Waals surface area contributed by atoms with Gasteiger partial charge in [-0.25, -0.2) is 0 Å². The van der Waals surface area contributed by atoms with Crippen LogP contribution in [-0.4, -0.2) is 35.3 Å². The average molecular weight is 355 g/mol.